The number of hydrogen-bond acceptors (Lipinski definition) is 3. The van der Waals surface area contributed by atoms with Crippen LogP contribution in [0.25, 0.3) is 11.0 Å². The van der Waals surface area contributed by atoms with Crippen LogP contribution >= 0.6 is 0 Å². The van der Waals surface area contributed by atoms with E-state index in [1.165, 1.54) is 11.1 Å². The molecule has 2 aromatic rings. The highest BCUT2D eigenvalue weighted by Gasteiger charge is 2.11. The lowest BCUT2D eigenvalue weighted by molar-refractivity contribution is 0.497. The quantitative estimate of drug-likeness (QED) is 0.848. The molecular weight excluding hydrogens is 224 g/mol. The Labute approximate surface area is 108 Å². The zero-order chi connectivity index (χ0) is 13.1. The van der Waals surface area contributed by atoms with Crippen molar-refractivity contribution in [1.29, 1.82) is 0 Å². The fourth-order valence-corrected chi connectivity index (χ4v) is 2.28. The molecule has 3 N–H and O–H groups in total. The van der Waals surface area contributed by atoms with Crippen molar-refractivity contribution in [3.8, 4) is 0 Å². The Bertz CT molecular complexity index is 515. The number of aryl methyl sites for hydroxylation is 1. The van der Waals surface area contributed by atoms with Crippen LogP contribution in [-0.4, -0.2) is 22.6 Å². The van der Waals surface area contributed by atoms with Gasteiger partial charge in [0.05, 0.1) is 17.4 Å². The number of hydrogen-bond donors (Lipinski definition) is 2. The first kappa shape index (κ1) is 13.1. The first-order valence-corrected chi connectivity index (χ1v) is 6.45. The summed E-state index contributed by atoms with van der Waals surface area (Å²) in [7, 11) is 4.01. The number of nitrogens with zero attached hydrogens (tertiary/aromatic N) is 2. The molecule has 0 saturated carbocycles. The van der Waals surface area contributed by atoms with Crippen LogP contribution in [0, 0.1) is 0 Å². The van der Waals surface area contributed by atoms with Crippen molar-refractivity contribution < 1.29 is 0 Å². The van der Waals surface area contributed by atoms with Crippen LogP contribution in [0.4, 0.5) is 0 Å². The molecule has 0 spiro atoms. The van der Waals surface area contributed by atoms with Gasteiger partial charge in [0, 0.05) is 19.1 Å². The van der Waals surface area contributed by atoms with E-state index in [2.05, 4.69) is 35.4 Å². The van der Waals surface area contributed by atoms with Crippen LogP contribution in [0.5, 0.6) is 0 Å². The van der Waals surface area contributed by atoms with E-state index >= 15 is 0 Å². The van der Waals surface area contributed by atoms with Crippen molar-refractivity contribution >= 4 is 11.0 Å². The van der Waals surface area contributed by atoms with E-state index in [0.717, 1.165) is 18.4 Å². The van der Waals surface area contributed by atoms with Crippen LogP contribution in [-0.2, 0) is 7.05 Å². The summed E-state index contributed by atoms with van der Waals surface area (Å²) in [5.41, 5.74) is 9.33. The molecule has 0 aliphatic heterocycles. The lowest BCUT2D eigenvalue weighted by atomic mass is 9.99. The van der Waals surface area contributed by atoms with Crippen molar-refractivity contribution in [3.63, 3.8) is 0 Å². The Morgan fingerprint density at radius 1 is 1.39 bits per heavy atom. The van der Waals surface area contributed by atoms with Gasteiger partial charge in [0.1, 0.15) is 0 Å². The van der Waals surface area contributed by atoms with Gasteiger partial charge in [-0.25, -0.2) is 4.98 Å². The molecule has 0 fully saturated rings. The fraction of sp³-hybridized carbons (Fsp3) is 0.500. The molecule has 2 atom stereocenters. The van der Waals surface area contributed by atoms with Crippen LogP contribution < -0.4 is 11.1 Å². The molecule has 98 valence electrons. The van der Waals surface area contributed by atoms with E-state index < -0.39 is 0 Å². The Hall–Kier alpha value is -1.39. The Kier molecular flexibility index (Phi) is 3.99. The molecule has 4 heteroatoms. The van der Waals surface area contributed by atoms with Gasteiger partial charge in [0.25, 0.3) is 0 Å². The number of imidazole rings is 1. The minimum atomic E-state index is 0.249. The Morgan fingerprint density at radius 3 is 2.83 bits per heavy atom. The van der Waals surface area contributed by atoms with Gasteiger partial charge >= 0.3 is 0 Å². The monoisotopic (exact) mass is 246 g/mol. The second-order valence-corrected chi connectivity index (χ2v) is 5.00. The maximum atomic E-state index is 5.82. The van der Waals surface area contributed by atoms with Gasteiger partial charge in [0.15, 0.2) is 0 Å². The summed E-state index contributed by atoms with van der Waals surface area (Å²) in [6, 6.07) is 7.07. The molecule has 2 unspecified atom stereocenters. The van der Waals surface area contributed by atoms with E-state index in [1.54, 1.807) is 0 Å². The number of aromatic nitrogens is 2. The molecule has 0 saturated heterocycles. The number of rotatable bonds is 5. The van der Waals surface area contributed by atoms with Crippen molar-refractivity contribution in [2.75, 3.05) is 7.05 Å². The topological polar surface area (TPSA) is 55.9 Å². The number of fused-ring (bicyclic) bond motifs is 1. The average Bonchev–Trinajstić information content (AvgIpc) is 2.71. The molecule has 1 aromatic carbocycles. The van der Waals surface area contributed by atoms with E-state index in [0.29, 0.717) is 6.04 Å². The third-order valence-corrected chi connectivity index (χ3v) is 3.41. The second kappa shape index (κ2) is 5.50. The second-order valence-electron chi connectivity index (χ2n) is 5.00. The molecule has 1 heterocycles. The third-order valence-electron chi connectivity index (χ3n) is 3.41. The summed E-state index contributed by atoms with van der Waals surface area (Å²) in [4.78, 5) is 4.40. The Balaban J connectivity index is 2.22. The standard InChI is InChI=1S/C14H22N4/c1-10(15)4-6-12(16-2)11-5-7-14-13(8-11)17-9-18(14)3/h5,7-10,12,16H,4,6,15H2,1-3H3. The van der Waals surface area contributed by atoms with E-state index in [1.807, 2.05) is 25.0 Å². The molecule has 0 bridgehead atoms. The Morgan fingerprint density at radius 2 is 2.17 bits per heavy atom. The predicted molar refractivity (Wildman–Crippen MR) is 75.4 cm³/mol. The normalized spacial score (nSPS) is 14.9. The zero-order valence-corrected chi connectivity index (χ0v) is 11.4. The maximum Gasteiger partial charge on any atom is 0.0955 e. The van der Waals surface area contributed by atoms with Gasteiger partial charge in [-0.1, -0.05) is 6.07 Å². The molecule has 0 aliphatic rings. The van der Waals surface area contributed by atoms with Crippen molar-refractivity contribution in [2.45, 2.75) is 31.8 Å². The van der Waals surface area contributed by atoms with Crippen LogP contribution in [0.15, 0.2) is 24.5 Å². The van der Waals surface area contributed by atoms with E-state index in [9.17, 15) is 0 Å². The van der Waals surface area contributed by atoms with Gasteiger partial charge < -0.3 is 15.6 Å². The van der Waals surface area contributed by atoms with Crippen molar-refractivity contribution in [3.05, 3.63) is 30.1 Å². The average molecular weight is 246 g/mol. The molecule has 0 aliphatic carbocycles. The highest BCUT2D eigenvalue weighted by atomic mass is 15.0. The lowest BCUT2D eigenvalue weighted by Gasteiger charge is -2.17. The largest absolute Gasteiger partial charge is 0.334 e. The summed E-state index contributed by atoms with van der Waals surface area (Å²) in [5.74, 6) is 0. The summed E-state index contributed by atoms with van der Waals surface area (Å²) in [5, 5.41) is 3.36. The minimum Gasteiger partial charge on any atom is -0.334 e. The molecule has 0 radical (unpaired) electrons. The predicted octanol–water partition coefficient (Wildman–Crippen LogP) is 1.96. The maximum absolute atomic E-state index is 5.82. The van der Waals surface area contributed by atoms with E-state index in [4.69, 9.17) is 5.73 Å². The fourth-order valence-electron chi connectivity index (χ4n) is 2.28. The summed E-state index contributed by atoms with van der Waals surface area (Å²) in [6.07, 6.45) is 3.92. The summed E-state index contributed by atoms with van der Waals surface area (Å²) < 4.78 is 2.04. The van der Waals surface area contributed by atoms with Gasteiger partial charge in [-0.3, -0.25) is 0 Å². The summed E-state index contributed by atoms with van der Waals surface area (Å²) >= 11 is 0. The van der Waals surface area contributed by atoms with Crippen LogP contribution in [0.1, 0.15) is 31.4 Å². The highest BCUT2D eigenvalue weighted by Crippen LogP contribution is 2.22. The highest BCUT2D eigenvalue weighted by molar-refractivity contribution is 5.76. The van der Waals surface area contributed by atoms with Gasteiger partial charge in [-0.15, -0.1) is 0 Å². The van der Waals surface area contributed by atoms with Crippen LogP contribution in [0.2, 0.25) is 0 Å². The SMILES string of the molecule is CNC(CCC(C)N)c1ccc2c(c1)ncn2C. The number of benzene rings is 1. The van der Waals surface area contributed by atoms with Gasteiger partial charge in [-0.2, -0.15) is 0 Å². The third kappa shape index (κ3) is 2.71. The molecule has 1 aromatic heterocycles. The number of nitrogens with two attached hydrogens (primary N) is 1. The molecule has 18 heavy (non-hydrogen) atoms. The van der Waals surface area contributed by atoms with Gasteiger partial charge in [0.2, 0.25) is 0 Å². The molecule has 0 amide bonds. The van der Waals surface area contributed by atoms with Crippen LogP contribution in [0.3, 0.4) is 0 Å². The minimum absolute atomic E-state index is 0.249. The molecule has 4 nitrogen and oxygen atoms in total. The van der Waals surface area contributed by atoms with E-state index in [-0.39, 0.29) is 6.04 Å². The molecule has 2 rings (SSSR count). The van der Waals surface area contributed by atoms with Crippen molar-refractivity contribution in [2.24, 2.45) is 12.8 Å². The summed E-state index contributed by atoms with van der Waals surface area (Å²) in [6.45, 7) is 2.05. The zero-order valence-electron chi connectivity index (χ0n) is 11.4. The van der Waals surface area contributed by atoms with Crippen molar-refractivity contribution in [1.82, 2.24) is 14.9 Å². The smallest absolute Gasteiger partial charge is 0.0955 e. The van der Waals surface area contributed by atoms with Gasteiger partial charge in [-0.05, 0) is 44.5 Å². The first-order chi connectivity index (χ1) is 8.61. The molecular formula is C14H22N4. The lowest BCUT2D eigenvalue weighted by Crippen LogP contribution is -2.21. The first-order valence-electron chi connectivity index (χ1n) is 6.45. The number of nitrogens with one attached hydrogen (secondary N) is 1.